The van der Waals surface area contributed by atoms with Crippen molar-refractivity contribution in [3.8, 4) is 0 Å². The average Bonchev–Trinajstić information content (AvgIpc) is 2.84. The van der Waals surface area contributed by atoms with Crippen molar-refractivity contribution in [3.05, 3.63) is 0 Å². The normalized spacial score (nSPS) is 27.9. The molecule has 0 saturated carbocycles. The molecule has 2 aliphatic rings. The van der Waals surface area contributed by atoms with Crippen molar-refractivity contribution in [2.45, 2.75) is 38.0 Å². The zero-order chi connectivity index (χ0) is 14.5. The van der Waals surface area contributed by atoms with Gasteiger partial charge in [-0.15, -0.1) is 0 Å². The van der Waals surface area contributed by atoms with Crippen molar-refractivity contribution >= 4 is 11.9 Å². The number of morpholine rings is 1. The summed E-state index contributed by atoms with van der Waals surface area (Å²) in [6.07, 6.45) is 2.54. The summed E-state index contributed by atoms with van der Waals surface area (Å²) in [6, 6.07) is -0.326. The summed E-state index contributed by atoms with van der Waals surface area (Å²) in [5, 5.41) is 14.5. The van der Waals surface area contributed by atoms with Crippen LogP contribution in [0.1, 0.15) is 19.8 Å². The number of aliphatic carboxylic acids is 1. The van der Waals surface area contributed by atoms with Crippen LogP contribution in [0.2, 0.25) is 0 Å². The highest BCUT2D eigenvalue weighted by atomic mass is 16.5. The number of carbonyl (C=O) groups is 2. The maximum Gasteiger partial charge on any atom is 0.327 e. The Balaban J connectivity index is 1.69. The number of carboxylic acids is 1. The van der Waals surface area contributed by atoms with Gasteiger partial charge in [0.25, 0.3) is 0 Å². The third kappa shape index (κ3) is 4.16. The molecule has 0 spiro atoms. The van der Waals surface area contributed by atoms with E-state index in [1.54, 1.807) is 0 Å². The molecule has 0 aliphatic carbocycles. The van der Waals surface area contributed by atoms with E-state index in [9.17, 15) is 9.59 Å². The predicted octanol–water partition coefficient (Wildman–Crippen LogP) is -0.971. The highest BCUT2D eigenvalue weighted by Gasteiger charge is 2.32. The molecule has 0 aromatic heterocycles. The molecule has 2 aliphatic heterocycles. The number of hydrogen-bond donors (Lipinski definition) is 3. The van der Waals surface area contributed by atoms with Gasteiger partial charge in [0, 0.05) is 32.6 Å². The molecule has 0 aromatic rings. The van der Waals surface area contributed by atoms with E-state index in [2.05, 4.69) is 15.5 Å². The number of carbonyl (C=O) groups excluding carboxylic acids is 1. The largest absolute Gasteiger partial charge is 0.480 e. The Kier molecular flexibility index (Phi) is 5.33. The first-order valence-electron chi connectivity index (χ1n) is 7.12. The van der Waals surface area contributed by atoms with Crippen LogP contribution in [0.3, 0.4) is 0 Å². The van der Waals surface area contributed by atoms with Gasteiger partial charge in [-0.05, 0) is 19.4 Å². The van der Waals surface area contributed by atoms with Crippen molar-refractivity contribution in [1.82, 2.24) is 15.5 Å². The van der Waals surface area contributed by atoms with E-state index in [0.717, 1.165) is 19.7 Å². The number of amides is 1. The summed E-state index contributed by atoms with van der Waals surface area (Å²) in [6.45, 7) is 4.92. The fourth-order valence-electron chi connectivity index (χ4n) is 2.84. The lowest BCUT2D eigenvalue weighted by atomic mass is 10.2. The van der Waals surface area contributed by atoms with Gasteiger partial charge < -0.3 is 20.5 Å². The van der Waals surface area contributed by atoms with E-state index in [1.807, 2.05) is 0 Å². The van der Waals surface area contributed by atoms with Gasteiger partial charge in [0.1, 0.15) is 6.04 Å². The van der Waals surface area contributed by atoms with E-state index >= 15 is 0 Å². The Bertz CT molecular complexity index is 364. The van der Waals surface area contributed by atoms with Crippen LogP contribution in [0.4, 0.5) is 0 Å². The van der Waals surface area contributed by atoms with E-state index in [1.165, 1.54) is 19.8 Å². The van der Waals surface area contributed by atoms with Crippen LogP contribution in [0.15, 0.2) is 0 Å². The molecule has 0 aromatic carbocycles. The zero-order valence-corrected chi connectivity index (χ0v) is 11.8. The van der Waals surface area contributed by atoms with Crippen molar-refractivity contribution in [3.63, 3.8) is 0 Å². The highest BCUT2D eigenvalue weighted by Crippen LogP contribution is 2.22. The van der Waals surface area contributed by atoms with Crippen LogP contribution in [-0.4, -0.2) is 72.9 Å². The standard InChI is InChI=1S/C13H23N3O4/c1-9(17)15-12(13(18)19)6-14-5-11-7-16-4-2-3-10(16)8-20-11/h10-12,14H,2-8H2,1H3,(H,15,17)(H,18,19). The number of rotatable bonds is 6. The average molecular weight is 285 g/mol. The summed E-state index contributed by atoms with van der Waals surface area (Å²) in [7, 11) is 0. The molecule has 2 rings (SSSR count). The van der Waals surface area contributed by atoms with E-state index < -0.39 is 12.0 Å². The van der Waals surface area contributed by atoms with Crippen molar-refractivity contribution < 1.29 is 19.4 Å². The lowest BCUT2D eigenvalue weighted by Gasteiger charge is -2.35. The van der Waals surface area contributed by atoms with Gasteiger partial charge in [-0.3, -0.25) is 9.69 Å². The molecule has 7 nitrogen and oxygen atoms in total. The Morgan fingerprint density at radius 1 is 1.50 bits per heavy atom. The molecule has 3 N–H and O–H groups in total. The highest BCUT2D eigenvalue weighted by molar-refractivity contribution is 5.82. The van der Waals surface area contributed by atoms with Crippen LogP contribution >= 0.6 is 0 Å². The molecule has 114 valence electrons. The number of carboxylic acid groups (broad SMARTS) is 1. The first-order valence-corrected chi connectivity index (χ1v) is 7.12. The third-order valence-electron chi connectivity index (χ3n) is 3.86. The van der Waals surface area contributed by atoms with Gasteiger partial charge in [-0.25, -0.2) is 4.79 Å². The molecule has 3 unspecified atom stereocenters. The fourth-order valence-corrected chi connectivity index (χ4v) is 2.84. The van der Waals surface area contributed by atoms with Gasteiger partial charge in [0.15, 0.2) is 0 Å². The number of fused-ring (bicyclic) bond motifs is 1. The molecule has 2 saturated heterocycles. The van der Waals surface area contributed by atoms with E-state index in [-0.39, 0.29) is 18.6 Å². The minimum Gasteiger partial charge on any atom is -0.480 e. The van der Waals surface area contributed by atoms with Gasteiger partial charge in [-0.1, -0.05) is 0 Å². The van der Waals surface area contributed by atoms with Crippen LogP contribution in [0.25, 0.3) is 0 Å². The molecule has 20 heavy (non-hydrogen) atoms. The molecular weight excluding hydrogens is 262 g/mol. The summed E-state index contributed by atoms with van der Waals surface area (Å²) >= 11 is 0. The van der Waals surface area contributed by atoms with Crippen molar-refractivity contribution in [1.29, 1.82) is 0 Å². The van der Waals surface area contributed by atoms with Gasteiger partial charge in [0.2, 0.25) is 5.91 Å². The Hall–Kier alpha value is -1.18. The minimum atomic E-state index is -1.03. The molecule has 0 radical (unpaired) electrons. The molecule has 7 heteroatoms. The molecule has 3 atom stereocenters. The van der Waals surface area contributed by atoms with Gasteiger partial charge >= 0.3 is 5.97 Å². The Labute approximate surface area is 118 Å². The SMILES string of the molecule is CC(=O)NC(CNCC1CN2CCCC2CO1)C(=O)O. The monoisotopic (exact) mass is 285 g/mol. The third-order valence-corrected chi connectivity index (χ3v) is 3.86. The summed E-state index contributed by atoms with van der Waals surface area (Å²) in [4.78, 5) is 24.3. The van der Waals surface area contributed by atoms with Gasteiger partial charge in [0.05, 0.1) is 12.7 Å². The van der Waals surface area contributed by atoms with Crippen LogP contribution < -0.4 is 10.6 Å². The summed E-state index contributed by atoms with van der Waals surface area (Å²) in [5.74, 6) is -1.37. The lowest BCUT2D eigenvalue weighted by molar-refractivity contribution is -0.141. The second-order valence-electron chi connectivity index (χ2n) is 5.50. The minimum absolute atomic E-state index is 0.0936. The second kappa shape index (κ2) is 7.01. The first kappa shape index (κ1) is 15.2. The maximum absolute atomic E-state index is 11.0. The van der Waals surface area contributed by atoms with Gasteiger partial charge in [-0.2, -0.15) is 0 Å². The van der Waals surface area contributed by atoms with E-state index in [0.29, 0.717) is 12.6 Å². The zero-order valence-electron chi connectivity index (χ0n) is 11.8. The summed E-state index contributed by atoms with van der Waals surface area (Å²) < 4.78 is 5.78. The molecule has 1 amide bonds. The topological polar surface area (TPSA) is 90.9 Å². The number of nitrogens with one attached hydrogen (secondary N) is 2. The second-order valence-corrected chi connectivity index (χ2v) is 5.50. The van der Waals surface area contributed by atoms with Crippen LogP contribution in [0, 0.1) is 0 Å². The Morgan fingerprint density at radius 3 is 3.00 bits per heavy atom. The fraction of sp³-hybridized carbons (Fsp3) is 0.846. The molecule has 0 bridgehead atoms. The molecular formula is C13H23N3O4. The number of hydrogen-bond acceptors (Lipinski definition) is 5. The predicted molar refractivity (Wildman–Crippen MR) is 72.4 cm³/mol. The molecule has 2 fully saturated rings. The quantitative estimate of drug-likeness (QED) is 0.581. The number of ether oxygens (including phenoxy) is 1. The number of nitrogens with zero attached hydrogens (tertiary/aromatic N) is 1. The maximum atomic E-state index is 11.0. The van der Waals surface area contributed by atoms with Crippen molar-refractivity contribution in [2.75, 3.05) is 32.8 Å². The van der Waals surface area contributed by atoms with Crippen molar-refractivity contribution in [2.24, 2.45) is 0 Å². The first-order chi connectivity index (χ1) is 9.56. The summed E-state index contributed by atoms with van der Waals surface area (Å²) in [5.41, 5.74) is 0. The van der Waals surface area contributed by atoms with Crippen LogP contribution in [-0.2, 0) is 14.3 Å². The smallest absolute Gasteiger partial charge is 0.327 e. The molecule has 2 heterocycles. The van der Waals surface area contributed by atoms with E-state index in [4.69, 9.17) is 9.84 Å². The lowest BCUT2D eigenvalue weighted by Crippen LogP contribution is -2.52. The van der Waals surface area contributed by atoms with Crippen LogP contribution in [0.5, 0.6) is 0 Å². The Morgan fingerprint density at radius 2 is 2.30 bits per heavy atom.